The Morgan fingerprint density at radius 2 is 2.31 bits per heavy atom. The number of aliphatic hydroxyl groups is 1. The summed E-state index contributed by atoms with van der Waals surface area (Å²) in [5.74, 6) is 0. The molecule has 2 rings (SSSR count). The van der Waals surface area contributed by atoms with E-state index in [1.54, 1.807) is 18.3 Å². The Bertz CT molecular complexity index is 381. The van der Waals surface area contributed by atoms with Crippen molar-refractivity contribution in [3.05, 3.63) is 33.2 Å². The molecular formula is C9H10BrNO2. The Balaban J connectivity index is 2.30. The van der Waals surface area contributed by atoms with Crippen LogP contribution in [0.1, 0.15) is 12.8 Å². The van der Waals surface area contributed by atoms with Crippen molar-refractivity contribution >= 4 is 15.9 Å². The highest BCUT2D eigenvalue weighted by molar-refractivity contribution is 9.10. The van der Waals surface area contributed by atoms with Crippen molar-refractivity contribution in [3.63, 3.8) is 0 Å². The van der Waals surface area contributed by atoms with Crippen LogP contribution < -0.4 is 5.56 Å². The lowest BCUT2D eigenvalue weighted by Crippen LogP contribution is -2.27. The van der Waals surface area contributed by atoms with E-state index in [0.717, 1.165) is 12.8 Å². The van der Waals surface area contributed by atoms with Gasteiger partial charge in [-0.15, -0.1) is 0 Å². The number of halogens is 1. The number of pyridine rings is 1. The van der Waals surface area contributed by atoms with Gasteiger partial charge in [0.15, 0.2) is 0 Å². The van der Waals surface area contributed by atoms with Crippen LogP contribution in [-0.2, 0) is 6.54 Å². The summed E-state index contributed by atoms with van der Waals surface area (Å²) in [5, 5.41) is 9.62. The Hall–Kier alpha value is -0.610. The van der Waals surface area contributed by atoms with Gasteiger partial charge in [-0.2, -0.15) is 0 Å². The maximum atomic E-state index is 11.5. The van der Waals surface area contributed by atoms with Gasteiger partial charge in [0.05, 0.1) is 16.6 Å². The lowest BCUT2D eigenvalue weighted by atomic mass is 10.3. The van der Waals surface area contributed by atoms with E-state index in [4.69, 9.17) is 0 Å². The first kappa shape index (κ1) is 8.97. The monoisotopic (exact) mass is 243 g/mol. The minimum Gasteiger partial charge on any atom is -0.388 e. The van der Waals surface area contributed by atoms with Gasteiger partial charge in [-0.25, -0.2) is 0 Å². The van der Waals surface area contributed by atoms with Crippen LogP contribution in [0.25, 0.3) is 0 Å². The lowest BCUT2D eigenvalue weighted by Gasteiger charge is -2.09. The molecule has 1 saturated carbocycles. The SMILES string of the molecule is O=c1c(Br)cccn1CC1(O)CC1. The first-order valence-corrected chi connectivity index (χ1v) is 4.97. The Labute approximate surface area is 84.1 Å². The molecule has 0 atom stereocenters. The molecule has 70 valence electrons. The van der Waals surface area contributed by atoms with Gasteiger partial charge in [-0.3, -0.25) is 4.79 Å². The molecule has 3 nitrogen and oxygen atoms in total. The molecule has 0 radical (unpaired) electrons. The fourth-order valence-corrected chi connectivity index (χ4v) is 1.63. The van der Waals surface area contributed by atoms with Crippen molar-refractivity contribution in [1.82, 2.24) is 4.57 Å². The summed E-state index contributed by atoms with van der Waals surface area (Å²) < 4.78 is 2.08. The molecule has 1 N–H and O–H groups in total. The third-order valence-electron chi connectivity index (χ3n) is 2.27. The van der Waals surface area contributed by atoms with Gasteiger partial charge >= 0.3 is 0 Å². The van der Waals surface area contributed by atoms with Crippen molar-refractivity contribution < 1.29 is 5.11 Å². The molecule has 0 aliphatic heterocycles. The molecule has 0 bridgehead atoms. The zero-order valence-electron chi connectivity index (χ0n) is 7.03. The second kappa shape index (κ2) is 2.96. The van der Waals surface area contributed by atoms with Crippen molar-refractivity contribution in [2.45, 2.75) is 25.0 Å². The summed E-state index contributed by atoms with van der Waals surface area (Å²) in [6.45, 7) is 0.408. The van der Waals surface area contributed by atoms with Gasteiger partial charge in [0.2, 0.25) is 0 Å². The zero-order chi connectivity index (χ0) is 9.47. The van der Waals surface area contributed by atoms with Gasteiger partial charge in [0, 0.05) is 6.20 Å². The molecule has 1 aliphatic carbocycles. The second-order valence-electron chi connectivity index (χ2n) is 3.51. The number of rotatable bonds is 2. The normalized spacial score (nSPS) is 18.6. The van der Waals surface area contributed by atoms with Gasteiger partial charge in [0.25, 0.3) is 5.56 Å². The Kier molecular flexibility index (Phi) is 2.04. The first-order chi connectivity index (χ1) is 6.11. The van der Waals surface area contributed by atoms with E-state index >= 15 is 0 Å². The highest BCUT2D eigenvalue weighted by Crippen LogP contribution is 2.36. The standard InChI is InChI=1S/C9H10BrNO2/c10-7-2-1-5-11(8(7)12)6-9(13)3-4-9/h1-2,5,13H,3-4,6H2. The predicted molar refractivity (Wildman–Crippen MR) is 52.6 cm³/mol. The van der Waals surface area contributed by atoms with Crippen LogP contribution in [0.2, 0.25) is 0 Å². The molecule has 0 saturated heterocycles. The molecule has 1 heterocycles. The van der Waals surface area contributed by atoms with E-state index < -0.39 is 5.60 Å². The van der Waals surface area contributed by atoms with Crippen molar-refractivity contribution in [1.29, 1.82) is 0 Å². The van der Waals surface area contributed by atoms with Crippen LogP contribution in [0.3, 0.4) is 0 Å². The van der Waals surface area contributed by atoms with Crippen molar-refractivity contribution in [3.8, 4) is 0 Å². The molecule has 1 aromatic heterocycles. The maximum Gasteiger partial charge on any atom is 0.264 e. The van der Waals surface area contributed by atoms with Gasteiger partial charge in [-0.1, -0.05) is 0 Å². The quantitative estimate of drug-likeness (QED) is 0.847. The highest BCUT2D eigenvalue weighted by atomic mass is 79.9. The van der Waals surface area contributed by atoms with E-state index in [1.807, 2.05) is 0 Å². The molecule has 1 aromatic rings. The smallest absolute Gasteiger partial charge is 0.264 e. The van der Waals surface area contributed by atoms with Crippen molar-refractivity contribution in [2.24, 2.45) is 0 Å². The zero-order valence-corrected chi connectivity index (χ0v) is 8.62. The Morgan fingerprint density at radius 3 is 2.92 bits per heavy atom. The molecule has 0 amide bonds. The average Bonchev–Trinajstić information content (AvgIpc) is 2.78. The van der Waals surface area contributed by atoms with E-state index in [9.17, 15) is 9.90 Å². The van der Waals surface area contributed by atoms with Crippen LogP contribution in [0.15, 0.2) is 27.6 Å². The predicted octanol–water partition coefficient (Wildman–Crippen LogP) is 1.14. The van der Waals surface area contributed by atoms with E-state index in [1.165, 1.54) is 4.57 Å². The number of hydrogen-bond donors (Lipinski definition) is 1. The molecule has 0 aromatic carbocycles. The molecule has 1 aliphatic rings. The summed E-state index contributed by atoms with van der Waals surface area (Å²) in [7, 11) is 0. The molecule has 0 spiro atoms. The lowest BCUT2D eigenvalue weighted by molar-refractivity contribution is 0.128. The van der Waals surface area contributed by atoms with Crippen LogP contribution >= 0.6 is 15.9 Å². The van der Waals surface area contributed by atoms with Crippen molar-refractivity contribution in [2.75, 3.05) is 0 Å². The summed E-state index contributed by atoms with van der Waals surface area (Å²) in [6.07, 6.45) is 3.29. The van der Waals surface area contributed by atoms with Gasteiger partial charge in [0.1, 0.15) is 0 Å². The van der Waals surface area contributed by atoms with Crippen LogP contribution in [0.4, 0.5) is 0 Å². The average molecular weight is 244 g/mol. The Morgan fingerprint density at radius 1 is 1.62 bits per heavy atom. The van der Waals surface area contributed by atoms with Gasteiger partial charge < -0.3 is 9.67 Å². The van der Waals surface area contributed by atoms with Crippen LogP contribution in [0, 0.1) is 0 Å². The minimum absolute atomic E-state index is 0.0807. The third kappa shape index (κ3) is 1.84. The highest BCUT2D eigenvalue weighted by Gasteiger charge is 2.40. The summed E-state index contributed by atoms with van der Waals surface area (Å²) in [5.41, 5.74) is -0.701. The van der Waals surface area contributed by atoms with E-state index in [2.05, 4.69) is 15.9 Å². The number of aromatic nitrogens is 1. The van der Waals surface area contributed by atoms with Crippen LogP contribution in [0.5, 0.6) is 0 Å². The van der Waals surface area contributed by atoms with Crippen LogP contribution in [-0.4, -0.2) is 15.3 Å². The molecular weight excluding hydrogens is 234 g/mol. The summed E-state index contributed by atoms with van der Waals surface area (Å²) in [6, 6.07) is 3.49. The second-order valence-corrected chi connectivity index (χ2v) is 4.37. The fraction of sp³-hybridized carbons (Fsp3) is 0.444. The summed E-state index contributed by atoms with van der Waals surface area (Å²) in [4.78, 5) is 11.5. The number of nitrogens with zero attached hydrogens (tertiary/aromatic N) is 1. The third-order valence-corrected chi connectivity index (χ3v) is 2.87. The number of hydrogen-bond acceptors (Lipinski definition) is 2. The molecule has 4 heteroatoms. The van der Waals surface area contributed by atoms with Gasteiger partial charge in [-0.05, 0) is 40.9 Å². The largest absolute Gasteiger partial charge is 0.388 e. The minimum atomic E-state index is -0.620. The fourth-order valence-electron chi connectivity index (χ4n) is 1.25. The topological polar surface area (TPSA) is 42.2 Å². The van der Waals surface area contributed by atoms with E-state index in [0.29, 0.717) is 11.0 Å². The molecule has 0 unspecified atom stereocenters. The first-order valence-electron chi connectivity index (χ1n) is 4.18. The molecule has 1 fully saturated rings. The summed E-state index contributed by atoms with van der Waals surface area (Å²) >= 11 is 3.16. The van der Waals surface area contributed by atoms with E-state index in [-0.39, 0.29) is 5.56 Å². The maximum absolute atomic E-state index is 11.5. The molecule has 13 heavy (non-hydrogen) atoms.